The van der Waals surface area contributed by atoms with E-state index in [2.05, 4.69) is 10.2 Å². The Kier molecular flexibility index (Phi) is 3.43. The Morgan fingerprint density at radius 1 is 1.47 bits per heavy atom. The molecule has 2 fully saturated rings. The van der Waals surface area contributed by atoms with Crippen LogP contribution in [0.4, 0.5) is 4.79 Å². The van der Waals surface area contributed by atoms with Crippen LogP contribution in [0.1, 0.15) is 12.8 Å². The summed E-state index contributed by atoms with van der Waals surface area (Å²) >= 11 is 0. The Hall–Kier alpha value is -0.810. The lowest BCUT2D eigenvalue weighted by Gasteiger charge is -2.31. The van der Waals surface area contributed by atoms with E-state index in [0.717, 1.165) is 39.0 Å². The van der Waals surface area contributed by atoms with Gasteiger partial charge in [-0.1, -0.05) is 0 Å². The fraction of sp³-hybridized carbons (Fsp3) is 0.900. The van der Waals surface area contributed by atoms with Gasteiger partial charge in [0.2, 0.25) is 0 Å². The Labute approximate surface area is 90.4 Å². The average Bonchev–Trinajstić information content (AvgIpc) is 3.10. The molecular weight excluding hydrogens is 194 g/mol. The van der Waals surface area contributed by atoms with Crippen molar-refractivity contribution in [3.05, 3.63) is 0 Å². The molecule has 1 saturated carbocycles. The topological polar surface area (TPSA) is 46.9 Å². The van der Waals surface area contributed by atoms with E-state index >= 15 is 0 Å². The molecule has 1 radical (unpaired) electrons. The summed E-state index contributed by atoms with van der Waals surface area (Å²) in [6.45, 7) is 4.40. The monoisotopic (exact) mass is 212 g/mol. The van der Waals surface area contributed by atoms with Crippen molar-refractivity contribution in [2.45, 2.75) is 18.9 Å². The molecule has 1 aliphatic carbocycles. The summed E-state index contributed by atoms with van der Waals surface area (Å²) in [5, 5.41) is 4.28. The lowest BCUT2D eigenvalue weighted by atomic mass is 10.4. The third-order valence-corrected chi connectivity index (χ3v) is 2.90. The minimum atomic E-state index is -0.194. The van der Waals surface area contributed by atoms with Gasteiger partial charge in [0.15, 0.2) is 0 Å². The Balaban J connectivity index is 1.84. The molecule has 0 aromatic heterocycles. The number of hydrogen-bond acceptors (Lipinski definition) is 3. The predicted octanol–water partition coefficient (Wildman–Crippen LogP) is 0.0947. The maximum atomic E-state index is 11.5. The molecule has 0 N–H and O–H groups in total. The number of amides is 1. The summed E-state index contributed by atoms with van der Waals surface area (Å²) in [6.07, 6.45) is 2.04. The number of piperazine rings is 1. The molecule has 85 valence electrons. The average molecular weight is 212 g/mol. The van der Waals surface area contributed by atoms with Gasteiger partial charge in [0.25, 0.3) is 0 Å². The quantitative estimate of drug-likeness (QED) is 0.666. The molecule has 1 heterocycles. The predicted molar refractivity (Wildman–Crippen MR) is 55.6 cm³/mol. The molecule has 2 rings (SSSR count). The van der Waals surface area contributed by atoms with Crippen molar-refractivity contribution < 1.29 is 9.53 Å². The van der Waals surface area contributed by atoms with Crippen LogP contribution in [0.3, 0.4) is 0 Å². The highest BCUT2D eigenvalue weighted by Gasteiger charge is 2.34. The molecule has 0 unspecified atom stereocenters. The van der Waals surface area contributed by atoms with Crippen molar-refractivity contribution >= 4 is 6.09 Å². The molecule has 0 bridgehead atoms. The van der Waals surface area contributed by atoms with E-state index in [1.54, 1.807) is 0 Å². The van der Waals surface area contributed by atoms with E-state index in [4.69, 9.17) is 4.74 Å². The molecule has 2 aliphatic rings. The highest BCUT2D eigenvalue weighted by molar-refractivity contribution is 5.68. The van der Waals surface area contributed by atoms with Crippen molar-refractivity contribution in [1.29, 1.82) is 0 Å². The van der Waals surface area contributed by atoms with Crippen molar-refractivity contribution in [3.63, 3.8) is 0 Å². The lowest BCUT2D eigenvalue weighted by molar-refractivity contribution is 0.0798. The first-order valence-electron chi connectivity index (χ1n) is 5.51. The van der Waals surface area contributed by atoms with E-state index in [-0.39, 0.29) is 6.09 Å². The van der Waals surface area contributed by atoms with Crippen LogP contribution < -0.4 is 5.32 Å². The summed E-state index contributed by atoms with van der Waals surface area (Å²) in [6, 6.07) is 0.413. The summed E-state index contributed by atoms with van der Waals surface area (Å²) in [5.41, 5.74) is 0. The van der Waals surface area contributed by atoms with Crippen LogP contribution in [-0.4, -0.2) is 61.9 Å². The lowest BCUT2D eigenvalue weighted by Crippen LogP contribution is -2.48. The number of carbonyl (C=O) groups excluding carboxylic acids is 1. The fourth-order valence-corrected chi connectivity index (χ4v) is 1.83. The minimum absolute atomic E-state index is 0.194. The largest absolute Gasteiger partial charge is 0.453 e. The molecule has 5 heteroatoms. The number of ether oxygens (including phenoxy) is 1. The third kappa shape index (κ3) is 2.82. The molecule has 1 saturated heterocycles. The van der Waals surface area contributed by atoms with Gasteiger partial charge in [0, 0.05) is 32.2 Å². The molecular formula is C10H18N3O2. The van der Waals surface area contributed by atoms with Crippen molar-refractivity contribution in [1.82, 2.24) is 15.1 Å². The van der Waals surface area contributed by atoms with Gasteiger partial charge in [-0.15, -0.1) is 0 Å². The van der Waals surface area contributed by atoms with Gasteiger partial charge in [0.1, 0.15) is 0 Å². The minimum Gasteiger partial charge on any atom is -0.453 e. The first-order chi connectivity index (χ1) is 7.31. The molecule has 1 aliphatic heterocycles. The Bertz CT molecular complexity index is 225. The van der Waals surface area contributed by atoms with Crippen LogP contribution in [0.5, 0.6) is 0 Å². The standard InChI is InChI=1S/C10H18N3O2/c1-15-10(14)13(9-2-3-9)8-12-6-4-11-5-7-12/h9H,2-8H2,1H3. The van der Waals surface area contributed by atoms with Crippen LogP contribution in [0.15, 0.2) is 0 Å². The van der Waals surface area contributed by atoms with Gasteiger partial charge in [-0.05, 0) is 12.8 Å². The second-order valence-electron chi connectivity index (χ2n) is 4.10. The number of hydrogen-bond donors (Lipinski definition) is 0. The number of nitrogens with zero attached hydrogens (tertiary/aromatic N) is 3. The highest BCUT2D eigenvalue weighted by atomic mass is 16.5. The van der Waals surface area contributed by atoms with Gasteiger partial charge in [0.05, 0.1) is 13.8 Å². The molecule has 1 amide bonds. The normalized spacial score (nSPS) is 22.5. The zero-order valence-electron chi connectivity index (χ0n) is 9.19. The summed E-state index contributed by atoms with van der Waals surface area (Å²) in [4.78, 5) is 15.6. The number of methoxy groups -OCH3 is 1. The second kappa shape index (κ2) is 4.81. The first-order valence-corrected chi connectivity index (χ1v) is 5.51. The third-order valence-electron chi connectivity index (χ3n) is 2.90. The van der Waals surface area contributed by atoms with E-state index in [1.165, 1.54) is 7.11 Å². The molecule has 15 heavy (non-hydrogen) atoms. The van der Waals surface area contributed by atoms with E-state index in [1.807, 2.05) is 4.90 Å². The summed E-state index contributed by atoms with van der Waals surface area (Å²) in [7, 11) is 1.45. The number of rotatable bonds is 3. The van der Waals surface area contributed by atoms with Gasteiger partial charge in [-0.2, -0.15) is 0 Å². The molecule has 5 nitrogen and oxygen atoms in total. The van der Waals surface area contributed by atoms with Crippen LogP contribution in [0.25, 0.3) is 0 Å². The van der Waals surface area contributed by atoms with Crippen molar-refractivity contribution in [3.8, 4) is 0 Å². The Morgan fingerprint density at radius 3 is 2.67 bits per heavy atom. The zero-order chi connectivity index (χ0) is 10.7. The van der Waals surface area contributed by atoms with Crippen LogP contribution >= 0.6 is 0 Å². The van der Waals surface area contributed by atoms with Gasteiger partial charge < -0.3 is 4.74 Å². The van der Waals surface area contributed by atoms with Gasteiger partial charge in [-0.3, -0.25) is 9.80 Å². The van der Waals surface area contributed by atoms with Crippen molar-refractivity contribution in [2.75, 3.05) is 40.0 Å². The van der Waals surface area contributed by atoms with Crippen molar-refractivity contribution in [2.24, 2.45) is 0 Å². The van der Waals surface area contributed by atoms with E-state index in [0.29, 0.717) is 12.7 Å². The van der Waals surface area contributed by atoms with Gasteiger partial charge in [-0.25, -0.2) is 10.1 Å². The van der Waals surface area contributed by atoms with Crippen LogP contribution in [0.2, 0.25) is 0 Å². The zero-order valence-corrected chi connectivity index (χ0v) is 9.19. The maximum absolute atomic E-state index is 11.5. The number of carbonyl (C=O) groups is 1. The molecule has 0 atom stereocenters. The van der Waals surface area contributed by atoms with Gasteiger partial charge >= 0.3 is 6.09 Å². The second-order valence-corrected chi connectivity index (χ2v) is 4.10. The summed E-state index contributed by atoms with van der Waals surface area (Å²) < 4.78 is 4.79. The smallest absolute Gasteiger partial charge is 0.410 e. The van der Waals surface area contributed by atoms with Crippen LogP contribution in [0, 0.1) is 0 Å². The van der Waals surface area contributed by atoms with E-state index < -0.39 is 0 Å². The van der Waals surface area contributed by atoms with Crippen LogP contribution in [-0.2, 0) is 4.74 Å². The maximum Gasteiger partial charge on any atom is 0.410 e. The SMILES string of the molecule is COC(=O)N(CN1CC[N]CC1)C1CC1. The molecule has 0 spiro atoms. The Morgan fingerprint density at radius 2 is 2.13 bits per heavy atom. The molecule has 0 aromatic rings. The molecule has 0 aromatic carbocycles. The first kappa shape index (κ1) is 10.7. The fourth-order valence-electron chi connectivity index (χ4n) is 1.83. The van der Waals surface area contributed by atoms with E-state index in [9.17, 15) is 4.79 Å². The summed E-state index contributed by atoms with van der Waals surface area (Å²) in [5.74, 6) is 0. The highest BCUT2D eigenvalue weighted by Crippen LogP contribution is 2.27.